The molecule has 168 valence electrons. The lowest BCUT2D eigenvalue weighted by molar-refractivity contribution is 0.0109. The van der Waals surface area contributed by atoms with Crippen LogP contribution < -0.4 is 10.1 Å². The zero-order valence-corrected chi connectivity index (χ0v) is 18.5. The zero-order chi connectivity index (χ0) is 22.1. The van der Waals surface area contributed by atoms with Gasteiger partial charge in [-0.2, -0.15) is 5.10 Å². The van der Waals surface area contributed by atoms with Crippen LogP contribution in [0.5, 0.6) is 11.5 Å². The van der Waals surface area contributed by atoms with Gasteiger partial charge in [-0.1, -0.05) is 0 Å². The number of ether oxygens (including phenoxy) is 2. The van der Waals surface area contributed by atoms with Crippen molar-refractivity contribution in [1.29, 1.82) is 0 Å². The van der Waals surface area contributed by atoms with Gasteiger partial charge in [-0.05, 0) is 69.7 Å². The van der Waals surface area contributed by atoms with Gasteiger partial charge in [0.1, 0.15) is 29.2 Å². The fraction of sp³-hybridized carbons (Fsp3) is 0.458. The maximum Gasteiger partial charge on any atom is 0.171 e. The summed E-state index contributed by atoms with van der Waals surface area (Å²) in [7, 11) is 0. The molecule has 0 aromatic carbocycles. The molecule has 1 aliphatic carbocycles. The first-order valence-corrected chi connectivity index (χ1v) is 11.3. The number of hydrogen-bond acceptors (Lipinski definition) is 7. The third kappa shape index (κ3) is 4.76. The highest BCUT2D eigenvalue weighted by Gasteiger charge is 2.30. The molecule has 3 aromatic rings. The van der Waals surface area contributed by atoms with E-state index in [1.54, 1.807) is 32.3 Å². The number of aromatic nitrogens is 4. The van der Waals surface area contributed by atoms with Gasteiger partial charge in [-0.15, -0.1) is 0 Å². The Hall–Kier alpha value is -2.97. The molecule has 1 unspecified atom stereocenters. The Bertz CT molecular complexity index is 1080. The van der Waals surface area contributed by atoms with Crippen molar-refractivity contribution >= 4 is 11.6 Å². The van der Waals surface area contributed by atoms with Gasteiger partial charge >= 0.3 is 0 Å². The molecule has 8 heteroatoms. The van der Waals surface area contributed by atoms with Crippen LogP contribution in [0.15, 0.2) is 42.9 Å². The number of anilines is 2. The molecule has 4 heterocycles. The van der Waals surface area contributed by atoms with E-state index in [4.69, 9.17) is 14.6 Å². The van der Waals surface area contributed by atoms with Gasteiger partial charge in [-0.25, -0.2) is 9.97 Å². The van der Waals surface area contributed by atoms with Crippen molar-refractivity contribution in [2.24, 2.45) is 0 Å². The minimum absolute atomic E-state index is 0.0213. The summed E-state index contributed by atoms with van der Waals surface area (Å²) in [6, 6.07) is 7.74. The van der Waals surface area contributed by atoms with Gasteiger partial charge in [0.2, 0.25) is 0 Å². The van der Waals surface area contributed by atoms with E-state index >= 15 is 0 Å². The van der Waals surface area contributed by atoms with Crippen LogP contribution in [0.25, 0.3) is 0 Å². The van der Waals surface area contributed by atoms with Crippen LogP contribution in [0.1, 0.15) is 69.4 Å². The van der Waals surface area contributed by atoms with Crippen molar-refractivity contribution in [3.63, 3.8) is 0 Å². The molecule has 2 aliphatic rings. The van der Waals surface area contributed by atoms with Gasteiger partial charge < -0.3 is 19.9 Å². The lowest BCUT2D eigenvalue weighted by Crippen LogP contribution is -2.15. The fourth-order valence-electron chi connectivity index (χ4n) is 3.85. The summed E-state index contributed by atoms with van der Waals surface area (Å²) in [5, 5.41) is 18.3. The Morgan fingerprint density at radius 2 is 1.88 bits per heavy atom. The zero-order valence-electron chi connectivity index (χ0n) is 18.5. The van der Waals surface area contributed by atoms with E-state index in [9.17, 15) is 5.11 Å². The summed E-state index contributed by atoms with van der Waals surface area (Å²) in [4.78, 5) is 8.72. The van der Waals surface area contributed by atoms with Crippen LogP contribution in [0.4, 0.5) is 11.6 Å². The summed E-state index contributed by atoms with van der Waals surface area (Å²) in [5.41, 5.74) is 0.700. The Morgan fingerprint density at radius 3 is 2.59 bits per heavy atom. The first-order valence-electron chi connectivity index (χ1n) is 11.3. The number of aliphatic hydroxyl groups is 1. The molecule has 0 bridgehead atoms. The van der Waals surface area contributed by atoms with Crippen molar-refractivity contribution in [1.82, 2.24) is 19.7 Å². The second-order valence-corrected chi connectivity index (χ2v) is 9.04. The smallest absolute Gasteiger partial charge is 0.171 e. The average Bonchev–Trinajstić information content (AvgIpc) is 3.55. The molecule has 2 fully saturated rings. The molecule has 5 rings (SSSR count). The van der Waals surface area contributed by atoms with E-state index in [1.165, 1.54) is 0 Å². The van der Waals surface area contributed by atoms with Gasteiger partial charge in [0, 0.05) is 25.1 Å². The number of hydrogen-bond donors (Lipinski definition) is 2. The molecule has 0 radical (unpaired) electrons. The monoisotopic (exact) mass is 435 g/mol. The summed E-state index contributed by atoms with van der Waals surface area (Å²) in [6.07, 6.45) is 10.8. The van der Waals surface area contributed by atoms with Crippen LogP contribution in [0.3, 0.4) is 0 Å². The molecule has 1 aliphatic heterocycles. The van der Waals surface area contributed by atoms with E-state index in [0.717, 1.165) is 55.7 Å². The summed E-state index contributed by atoms with van der Waals surface area (Å²) >= 11 is 0. The highest BCUT2D eigenvalue weighted by molar-refractivity contribution is 5.55. The molecule has 32 heavy (non-hydrogen) atoms. The molecule has 8 nitrogen and oxygen atoms in total. The molecular formula is C24H29N5O3. The van der Waals surface area contributed by atoms with E-state index in [0.29, 0.717) is 23.4 Å². The van der Waals surface area contributed by atoms with E-state index in [2.05, 4.69) is 15.3 Å². The van der Waals surface area contributed by atoms with Crippen molar-refractivity contribution in [3.05, 3.63) is 54.1 Å². The molecule has 3 aromatic heterocycles. The third-order valence-electron chi connectivity index (χ3n) is 5.81. The molecular weight excluding hydrogens is 406 g/mol. The molecule has 1 atom stereocenters. The standard InChI is InChI=1S/C24H29N5O3/c1-24(2,30)16-8-10-25-21(13-16)27-22-14-18(9-11-26-22)32-20-15-29(17-6-7-17)28-23(20)19-5-3-4-12-31-19/h8-11,13-15,17,19,30H,3-7,12H2,1-2H3,(H,25,26,27). The molecule has 1 saturated heterocycles. The van der Waals surface area contributed by atoms with E-state index < -0.39 is 5.60 Å². The Kier molecular flexibility index (Phi) is 5.57. The summed E-state index contributed by atoms with van der Waals surface area (Å²) in [5.74, 6) is 2.61. The van der Waals surface area contributed by atoms with Crippen molar-refractivity contribution in [2.75, 3.05) is 11.9 Å². The quantitative estimate of drug-likeness (QED) is 0.538. The highest BCUT2D eigenvalue weighted by Crippen LogP contribution is 2.40. The maximum absolute atomic E-state index is 10.3. The molecule has 2 N–H and O–H groups in total. The second kappa shape index (κ2) is 8.52. The van der Waals surface area contributed by atoms with Crippen molar-refractivity contribution in [2.45, 2.75) is 63.7 Å². The van der Waals surface area contributed by atoms with E-state index in [-0.39, 0.29) is 6.10 Å². The van der Waals surface area contributed by atoms with Crippen LogP contribution in [-0.2, 0) is 10.3 Å². The number of pyridine rings is 2. The van der Waals surface area contributed by atoms with Crippen molar-refractivity contribution in [3.8, 4) is 11.5 Å². The first-order chi connectivity index (χ1) is 15.5. The summed E-state index contributed by atoms with van der Waals surface area (Å²) < 4.78 is 14.3. The predicted molar refractivity (Wildman–Crippen MR) is 120 cm³/mol. The number of nitrogens with one attached hydrogen (secondary N) is 1. The summed E-state index contributed by atoms with van der Waals surface area (Å²) in [6.45, 7) is 4.25. The second-order valence-electron chi connectivity index (χ2n) is 9.04. The minimum atomic E-state index is -0.947. The fourth-order valence-corrected chi connectivity index (χ4v) is 3.85. The Labute approximate surface area is 187 Å². The van der Waals surface area contributed by atoms with Gasteiger partial charge in [0.05, 0.1) is 17.8 Å². The van der Waals surface area contributed by atoms with E-state index in [1.807, 2.05) is 29.1 Å². The topological polar surface area (TPSA) is 94.3 Å². The maximum atomic E-state index is 10.3. The largest absolute Gasteiger partial charge is 0.453 e. The minimum Gasteiger partial charge on any atom is -0.453 e. The average molecular weight is 436 g/mol. The van der Waals surface area contributed by atoms with Crippen LogP contribution in [0, 0.1) is 0 Å². The first kappa shape index (κ1) is 20.9. The SMILES string of the molecule is CC(C)(O)c1ccnc(Nc2cc(Oc3cn(C4CC4)nc3C3CCCCO3)ccn2)c1. The molecule has 0 amide bonds. The number of nitrogens with zero attached hydrogens (tertiary/aromatic N) is 4. The van der Waals surface area contributed by atoms with Crippen LogP contribution in [0.2, 0.25) is 0 Å². The van der Waals surface area contributed by atoms with Gasteiger partial charge in [0.15, 0.2) is 5.75 Å². The van der Waals surface area contributed by atoms with Crippen LogP contribution in [-0.4, -0.2) is 31.5 Å². The van der Waals surface area contributed by atoms with Gasteiger partial charge in [-0.3, -0.25) is 4.68 Å². The van der Waals surface area contributed by atoms with Gasteiger partial charge in [0.25, 0.3) is 0 Å². The molecule has 1 saturated carbocycles. The lowest BCUT2D eigenvalue weighted by atomic mass is 10.00. The third-order valence-corrected chi connectivity index (χ3v) is 5.81. The Balaban J connectivity index is 1.36. The Morgan fingerprint density at radius 1 is 1.09 bits per heavy atom. The molecule has 0 spiro atoms. The lowest BCUT2D eigenvalue weighted by Gasteiger charge is -2.21. The highest BCUT2D eigenvalue weighted by atomic mass is 16.5. The number of rotatable bonds is 7. The van der Waals surface area contributed by atoms with Crippen LogP contribution >= 0.6 is 0 Å². The van der Waals surface area contributed by atoms with Crippen molar-refractivity contribution < 1.29 is 14.6 Å². The normalized spacial score (nSPS) is 19.0. The predicted octanol–water partition coefficient (Wildman–Crippen LogP) is 5.01.